The molecule has 3 rings (SSSR count). The Morgan fingerprint density at radius 1 is 1.02 bits per heavy atom. The molecule has 1 aromatic carbocycles. The van der Waals surface area contributed by atoms with Gasteiger partial charge in [0.25, 0.3) is 0 Å². The monoisotopic (exact) mass is 597 g/mol. The molecule has 0 spiro atoms. The van der Waals surface area contributed by atoms with Crippen LogP contribution in [0, 0.1) is 0 Å². The largest absolute Gasteiger partial charge is 0.455 e. The Bertz CT molecular complexity index is 1330. The fourth-order valence-electron chi connectivity index (χ4n) is 4.36. The van der Waals surface area contributed by atoms with Crippen LogP contribution >= 0.6 is 0 Å². The first-order chi connectivity index (χ1) is 19.2. The van der Waals surface area contributed by atoms with E-state index in [4.69, 9.17) is 9.47 Å². The van der Waals surface area contributed by atoms with Crippen molar-refractivity contribution in [2.24, 2.45) is 0 Å². The zero-order chi connectivity index (χ0) is 31.8. The van der Waals surface area contributed by atoms with Crippen LogP contribution in [0.3, 0.4) is 0 Å². The molecule has 0 radical (unpaired) electrons. The SMILES string of the molecule is C[C@H](CN(C[C@@H](C)O)C(=O)N1Cc2c(C(=O)OC(C)(C)C)ncn2-c2ccc(C(F)(F)F)cc21)NC(=O)OC(C)(C)C. The van der Waals surface area contributed by atoms with Crippen LogP contribution in [0.2, 0.25) is 0 Å². The number of alkyl carbamates (subject to hydrolysis) is 1. The number of fused-ring (bicyclic) bond motifs is 3. The minimum absolute atomic E-state index is 0.0705. The van der Waals surface area contributed by atoms with Crippen molar-refractivity contribution < 1.29 is 42.1 Å². The number of aliphatic hydroxyl groups is 1. The van der Waals surface area contributed by atoms with E-state index in [2.05, 4.69) is 10.3 Å². The molecule has 2 atom stereocenters. The Balaban J connectivity index is 2.03. The molecule has 0 saturated heterocycles. The fraction of sp³-hybridized carbons (Fsp3) is 0.571. The number of halogens is 3. The average Bonchev–Trinajstić information content (AvgIpc) is 3.23. The van der Waals surface area contributed by atoms with Crippen molar-refractivity contribution in [2.75, 3.05) is 18.0 Å². The predicted molar refractivity (Wildman–Crippen MR) is 147 cm³/mol. The summed E-state index contributed by atoms with van der Waals surface area (Å²) in [4.78, 5) is 45.7. The molecule has 1 aromatic heterocycles. The summed E-state index contributed by atoms with van der Waals surface area (Å²) in [6.45, 7) is 12.6. The standard InChI is InChI=1S/C28H38F3N5O6/c1-16(33-24(39)42-27(6,7)8)12-34(13-17(2)37)25(40)35-14-21-22(23(38)41-26(3,4)5)32-15-36(21)19-10-9-18(11-20(19)35)28(29,30)31/h9-11,15-17,37H,12-14H2,1-8H3,(H,33,39)/t16-,17-/m1/s1. The number of nitrogens with one attached hydrogen (secondary N) is 1. The first-order valence-corrected chi connectivity index (χ1v) is 13.4. The number of aromatic nitrogens is 2. The summed E-state index contributed by atoms with van der Waals surface area (Å²) in [6.07, 6.45) is -5.12. The lowest BCUT2D eigenvalue weighted by Gasteiger charge is -2.37. The van der Waals surface area contributed by atoms with Crippen LogP contribution in [0.4, 0.5) is 28.4 Å². The van der Waals surface area contributed by atoms with E-state index in [0.29, 0.717) is 0 Å². The van der Waals surface area contributed by atoms with Gasteiger partial charge in [0.05, 0.1) is 35.3 Å². The molecule has 11 nitrogen and oxygen atoms in total. The van der Waals surface area contributed by atoms with Crippen molar-refractivity contribution in [3.8, 4) is 5.69 Å². The summed E-state index contributed by atoms with van der Waals surface area (Å²) in [5.74, 6) is -0.755. The molecule has 232 valence electrons. The highest BCUT2D eigenvalue weighted by Gasteiger charge is 2.38. The van der Waals surface area contributed by atoms with E-state index in [-0.39, 0.29) is 42.4 Å². The molecule has 2 aromatic rings. The minimum atomic E-state index is -4.69. The second-order valence-electron chi connectivity index (χ2n) is 12.3. The van der Waals surface area contributed by atoms with Gasteiger partial charge < -0.3 is 24.8 Å². The molecule has 0 unspecified atom stereocenters. The van der Waals surface area contributed by atoms with Gasteiger partial charge in [-0.1, -0.05) is 0 Å². The van der Waals surface area contributed by atoms with Gasteiger partial charge in [-0.2, -0.15) is 13.2 Å². The summed E-state index contributed by atoms with van der Waals surface area (Å²) >= 11 is 0. The fourth-order valence-corrected chi connectivity index (χ4v) is 4.36. The van der Waals surface area contributed by atoms with Gasteiger partial charge in [-0.15, -0.1) is 0 Å². The average molecular weight is 598 g/mol. The third-order valence-corrected chi connectivity index (χ3v) is 5.86. The van der Waals surface area contributed by atoms with Gasteiger partial charge >= 0.3 is 24.3 Å². The molecule has 0 aliphatic carbocycles. The zero-order valence-corrected chi connectivity index (χ0v) is 25.0. The summed E-state index contributed by atoms with van der Waals surface area (Å²) in [5, 5.41) is 12.8. The van der Waals surface area contributed by atoms with Crippen LogP contribution in [-0.4, -0.2) is 74.1 Å². The number of carbonyl (C=O) groups excluding carboxylic acids is 3. The normalized spacial score (nSPS) is 14.8. The zero-order valence-electron chi connectivity index (χ0n) is 25.0. The highest BCUT2D eigenvalue weighted by Crippen LogP contribution is 2.39. The van der Waals surface area contributed by atoms with Crippen molar-refractivity contribution >= 4 is 23.8 Å². The molecule has 2 N–H and O–H groups in total. The summed E-state index contributed by atoms with van der Waals surface area (Å²) in [5.41, 5.74) is -2.31. The second kappa shape index (κ2) is 11.8. The number of aliphatic hydroxyl groups excluding tert-OH is 1. The number of alkyl halides is 3. The van der Waals surface area contributed by atoms with Crippen molar-refractivity contribution in [1.29, 1.82) is 0 Å². The van der Waals surface area contributed by atoms with Crippen molar-refractivity contribution in [3.05, 3.63) is 41.5 Å². The maximum atomic E-state index is 14.0. The maximum absolute atomic E-state index is 14.0. The number of anilines is 1. The molecular weight excluding hydrogens is 559 g/mol. The van der Waals surface area contributed by atoms with E-state index in [0.717, 1.165) is 17.0 Å². The van der Waals surface area contributed by atoms with Crippen LogP contribution in [-0.2, 0) is 22.2 Å². The molecule has 0 saturated carbocycles. The number of urea groups is 1. The van der Waals surface area contributed by atoms with E-state index in [9.17, 15) is 32.7 Å². The topological polar surface area (TPSA) is 126 Å². The first-order valence-electron chi connectivity index (χ1n) is 13.4. The number of imidazole rings is 1. The molecule has 14 heteroatoms. The van der Waals surface area contributed by atoms with Gasteiger partial charge in [0.1, 0.15) is 17.5 Å². The second-order valence-corrected chi connectivity index (χ2v) is 12.3. The molecule has 42 heavy (non-hydrogen) atoms. The number of amides is 3. The number of hydrogen-bond acceptors (Lipinski definition) is 7. The Morgan fingerprint density at radius 2 is 1.64 bits per heavy atom. The lowest BCUT2D eigenvalue weighted by Crippen LogP contribution is -2.52. The van der Waals surface area contributed by atoms with Gasteiger partial charge in [-0.25, -0.2) is 19.4 Å². The molecule has 3 amide bonds. The van der Waals surface area contributed by atoms with E-state index < -0.39 is 53.2 Å². The number of carbonyl (C=O) groups is 3. The van der Waals surface area contributed by atoms with Gasteiger partial charge in [-0.3, -0.25) is 9.47 Å². The smallest absolute Gasteiger partial charge is 0.416 e. The number of esters is 1. The third kappa shape index (κ3) is 8.14. The van der Waals surface area contributed by atoms with Gasteiger partial charge in [-0.05, 0) is 73.6 Å². The van der Waals surface area contributed by atoms with Gasteiger partial charge in [0, 0.05) is 19.1 Å². The lowest BCUT2D eigenvalue weighted by molar-refractivity contribution is -0.137. The third-order valence-electron chi connectivity index (χ3n) is 5.86. The van der Waals surface area contributed by atoms with Crippen LogP contribution in [0.25, 0.3) is 5.69 Å². The Kier molecular flexibility index (Phi) is 9.20. The van der Waals surface area contributed by atoms with E-state index >= 15 is 0 Å². The van der Waals surface area contributed by atoms with Crippen LogP contribution in [0.5, 0.6) is 0 Å². The number of hydrogen-bond donors (Lipinski definition) is 2. The minimum Gasteiger partial charge on any atom is -0.455 e. The quantitative estimate of drug-likeness (QED) is 0.455. The Labute approximate surface area is 242 Å². The Morgan fingerprint density at radius 3 is 2.19 bits per heavy atom. The highest BCUT2D eigenvalue weighted by molar-refractivity contribution is 5.97. The van der Waals surface area contributed by atoms with E-state index in [1.165, 1.54) is 28.8 Å². The molecule has 1 aliphatic heterocycles. The van der Waals surface area contributed by atoms with E-state index in [1.54, 1.807) is 48.5 Å². The number of benzene rings is 1. The molecular formula is C28H38F3N5O6. The van der Waals surface area contributed by atoms with Crippen molar-refractivity contribution in [3.63, 3.8) is 0 Å². The first kappa shape index (κ1) is 32.7. The van der Waals surface area contributed by atoms with Crippen molar-refractivity contribution in [1.82, 2.24) is 19.8 Å². The van der Waals surface area contributed by atoms with Gasteiger partial charge in [0.2, 0.25) is 0 Å². The number of nitrogens with zero attached hydrogens (tertiary/aromatic N) is 4. The molecule has 2 heterocycles. The molecule has 0 bridgehead atoms. The summed E-state index contributed by atoms with van der Waals surface area (Å²) in [7, 11) is 0. The number of rotatable bonds is 6. The van der Waals surface area contributed by atoms with Crippen molar-refractivity contribution in [2.45, 2.75) is 91.5 Å². The molecule has 1 aliphatic rings. The van der Waals surface area contributed by atoms with Crippen LogP contribution in [0.15, 0.2) is 24.5 Å². The molecule has 0 fully saturated rings. The summed E-state index contributed by atoms with van der Waals surface area (Å²) in [6, 6.07) is 1.53. The lowest BCUT2D eigenvalue weighted by atomic mass is 10.1. The number of ether oxygens (including phenoxy) is 2. The summed E-state index contributed by atoms with van der Waals surface area (Å²) < 4.78 is 53.3. The van der Waals surface area contributed by atoms with Crippen LogP contribution < -0.4 is 10.2 Å². The van der Waals surface area contributed by atoms with Gasteiger partial charge in [0.15, 0.2) is 5.69 Å². The Hall–Kier alpha value is -3.81. The predicted octanol–water partition coefficient (Wildman–Crippen LogP) is 4.88. The highest BCUT2D eigenvalue weighted by atomic mass is 19.4. The van der Waals surface area contributed by atoms with E-state index in [1.807, 2.05) is 0 Å². The van der Waals surface area contributed by atoms with Crippen LogP contribution in [0.1, 0.15) is 77.1 Å². The maximum Gasteiger partial charge on any atom is 0.416 e.